The highest BCUT2D eigenvalue weighted by atomic mass is 15.2. The van der Waals surface area contributed by atoms with Crippen LogP contribution in [0.25, 0.3) is 0 Å². The molecular weight excluding hydrogens is 248 g/mol. The number of para-hydroxylation sites is 2. The Morgan fingerprint density at radius 1 is 1.20 bits per heavy atom. The Morgan fingerprint density at radius 2 is 1.95 bits per heavy atom. The van der Waals surface area contributed by atoms with Crippen LogP contribution in [0.5, 0.6) is 0 Å². The van der Waals surface area contributed by atoms with Crippen LogP contribution >= 0.6 is 0 Å². The predicted octanol–water partition coefficient (Wildman–Crippen LogP) is 3.19. The van der Waals surface area contributed by atoms with Gasteiger partial charge in [0.05, 0.1) is 23.6 Å². The second kappa shape index (κ2) is 5.57. The van der Waals surface area contributed by atoms with Gasteiger partial charge in [0.2, 0.25) is 0 Å². The van der Waals surface area contributed by atoms with E-state index in [2.05, 4.69) is 52.7 Å². The summed E-state index contributed by atoms with van der Waals surface area (Å²) in [6, 6.07) is 8.85. The quantitative estimate of drug-likeness (QED) is 0.926. The third kappa shape index (κ3) is 2.64. The molecule has 1 atom stereocenters. The Morgan fingerprint density at radius 3 is 2.65 bits per heavy atom. The minimum Gasteiger partial charge on any atom is -0.377 e. The molecule has 1 aromatic carbocycles. The standard InChI is InChI=1S/C16H22N4/c1-13(14-11-17-19(2)12-14)18-15-7-3-4-8-16(15)20-9-5-6-10-20/h3-4,7-8,11-13,18H,5-6,9-10H2,1-2H3. The van der Waals surface area contributed by atoms with Gasteiger partial charge in [-0.3, -0.25) is 4.68 Å². The molecule has 2 aromatic rings. The van der Waals surface area contributed by atoms with Gasteiger partial charge in [-0.15, -0.1) is 0 Å². The highest BCUT2D eigenvalue weighted by Crippen LogP contribution is 2.31. The fraction of sp³-hybridized carbons (Fsp3) is 0.438. The van der Waals surface area contributed by atoms with Crippen molar-refractivity contribution in [1.29, 1.82) is 0 Å². The number of benzene rings is 1. The Labute approximate surface area is 120 Å². The monoisotopic (exact) mass is 270 g/mol. The largest absolute Gasteiger partial charge is 0.377 e. The van der Waals surface area contributed by atoms with Gasteiger partial charge in [-0.05, 0) is 31.9 Å². The summed E-state index contributed by atoms with van der Waals surface area (Å²) in [5.74, 6) is 0. The molecule has 0 spiro atoms. The smallest absolute Gasteiger partial charge is 0.0602 e. The van der Waals surface area contributed by atoms with Crippen molar-refractivity contribution in [3.8, 4) is 0 Å². The van der Waals surface area contributed by atoms with Crippen LogP contribution in [0.15, 0.2) is 36.7 Å². The molecule has 1 fully saturated rings. The third-order valence-corrected chi connectivity index (χ3v) is 3.95. The molecule has 0 amide bonds. The molecule has 2 heterocycles. The van der Waals surface area contributed by atoms with Crippen LogP contribution in [0.2, 0.25) is 0 Å². The molecule has 1 unspecified atom stereocenters. The van der Waals surface area contributed by atoms with Gasteiger partial charge >= 0.3 is 0 Å². The molecule has 4 heteroatoms. The average molecular weight is 270 g/mol. The first kappa shape index (κ1) is 13.0. The van der Waals surface area contributed by atoms with E-state index in [9.17, 15) is 0 Å². The summed E-state index contributed by atoms with van der Waals surface area (Å²) in [6.45, 7) is 4.51. The molecule has 1 saturated heterocycles. The Balaban J connectivity index is 1.79. The molecule has 0 radical (unpaired) electrons. The van der Waals surface area contributed by atoms with Crippen molar-refractivity contribution in [2.24, 2.45) is 7.05 Å². The molecular formula is C16H22N4. The van der Waals surface area contributed by atoms with Crippen molar-refractivity contribution >= 4 is 11.4 Å². The minimum atomic E-state index is 0.257. The highest BCUT2D eigenvalue weighted by molar-refractivity contribution is 5.70. The van der Waals surface area contributed by atoms with Crippen molar-refractivity contribution < 1.29 is 0 Å². The van der Waals surface area contributed by atoms with E-state index in [0.717, 1.165) is 0 Å². The zero-order valence-corrected chi connectivity index (χ0v) is 12.2. The van der Waals surface area contributed by atoms with Crippen molar-refractivity contribution in [2.45, 2.75) is 25.8 Å². The number of aromatic nitrogens is 2. The molecule has 20 heavy (non-hydrogen) atoms. The number of hydrogen-bond acceptors (Lipinski definition) is 3. The molecule has 1 aromatic heterocycles. The van der Waals surface area contributed by atoms with Gasteiger partial charge in [-0.2, -0.15) is 5.10 Å². The molecule has 1 aliphatic heterocycles. The second-order valence-corrected chi connectivity index (χ2v) is 5.52. The highest BCUT2D eigenvalue weighted by Gasteiger charge is 2.16. The first-order valence-corrected chi connectivity index (χ1v) is 7.33. The van der Waals surface area contributed by atoms with E-state index in [1.54, 1.807) is 0 Å². The van der Waals surface area contributed by atoms with Gasteiger partial charge in [0, 0.05) is 31.9 Å². The number of rotatable bonds is 4. The van der Waals surface area contributed by atoms with Gasteiger partial charge in [0.25, 0.3) is 0 Å². The minimum absolute atomic E-state index is 0.257. The normalized spacial score (nSPS) is 16.4. The number of nitrogens with zero attached hydrogens (tertiary/aromatic N) is 3. The molecule has 4 nitrogen and oxygen atoms in total. The summed E-state index contributed by atoms with van der Waals surface area (Å²) < 4.78 is 1.85. The van der Waals surface area contributed by atoms with Gasteiger partial charge in [-0.1, -0.05) is 12.1 Å². The molecule has 106 valence electrons. The van der Waals surface area contributed by atoms with Crippen LogP contribution in [0, 0.1) is 0 Å². The van der Waals surface area contributed by atoms with E-state index in [1.165, 1.54) is 42.9 Å². The van der Waals surface area contributed by atoms with Gasteiger partial charge < -0.3 is 10.2 Å². The maximum absolute atomic E-state index is 4.25. The summed E-state index contributed by atoms with van der Waals surface area (Å²) in [5.41, 5.74) is 3.75. The van der Waals surface area contributed by atoms with Crippen molar-refractivity contribution in [3.05, 3.63) is 42.2 Å². The van der Waals surface area contributed by atoms with E-state index >= 15 is 0 Å². The maximum atomic E-state index is 4.25. The summed E-state index contributed by atoms with van der Waals surface area (Å²) in [5, 5.41) is 7.87. The predicted molar refractivity (Wildman–Crippen MR) is 83.1 cm³/mol. The van der Waals surface area contributed by atoms with E-state index < -0.39 is 0 Å². The SMILES string of the molecule is CC(Nc1ccccc1N1CCCC1)c1cnn(C)c1. The summed E-state index contributed by atoms with van der Waals surface area (Å²) in [4.78, 5) is 2.47. The van der Waals surface area contributed by atoms with Crippen molar-refractivity contribution in [3.63, 3.8) is 0 Å². The third-order valence-electron chi connectivity index (χ3n) is 3.95. The number of nitrogens with one attached hydrogen (secondary N) is 1. The van der Waals surface area contributed by atoms with Crippen LogP contribution in [0.3, 0.4) is 0 Å². The lowest BCUT2D eigenvalue weighted by molar-refractivity contribution is 0.765. The van der Waals surface area contributed by atoms with E-state index in [1.807, 2.05) is 17.9 Å². The molecule has 3 rings (SSSR count). The van der Waals surface area contributed by atoms with E-state index in [0.29, 0.717) is 0 Å². The zero-order valence-electron chi connectivity index (χ0n) is 12.2. The van der Waals surface area contributed by atoms with Crippen LogP contribution in [0.4, 0.5) is 11.4 Å². The Kier molecular flexibility index (Phi) is 3.63. The Bertz CT molecular complexity index is 569. The second-order valence-electron chi connectivity index (χ2n) is 5.52. The lowest BCUT2D eigenvalue weighted by Crippen LogP contribution is -2.19. The first-order valence-electron chi connectivity index (χ1n) is 7.33. The molecule has 1 aliphatic rings. The van der Waals surface area contributed by atoms with Crippen molar-refractivity contribution in [1.82, 2.24) is 9.78 Å². The molecule has 0 bridgehead atoms. The molecule has 1 N–H and O–H groups in total. The fourth-order valence-corrected chi connectivity index (χ4v) is 2.81. The number of aryl methyl sites for hydroxylation is 1. The van der Waals surface area contributed by atoms with Crippen molar-refractivity contribution in [2.75, 3.05) is 23.3 Å². The maximum Gasteiger partial charge on any atom is 0.0602 e. The topological polar surface area (TPSA) is 33.1 Å². The summed E-state index contributed by atoms with van der Waals surface area (Å²) in [7, 11) is 1.95. The fourth-order valence-electron chi connectivity index (χ4n) is 2.81. The van der Waals surface area contributed by atoms with Gasteiger partial charge in [0.1, 0.15) is 0 Å². The van der Waals surface area contributed by atoms with Crippen LogP contribution < -0.4 is 10.2 Å². The van der Waals surface area contributed by atoms with Gasteiger partial charge in [0.15, 0.2) is 0 Å². The average Bonchev–Trinajstić information content (AvgIpc) is 3.10. The van der Waals surface area contributed by atoms with Crippen LogP contribution in [-0.2, 0) is 7.05 Å². The van der Waals surface area contributed by atoms with Gasteiger partial charge in [-0.25, -0.2) is 0 Å². The summed E-state index contributed by atoms with van der Waals surface area (Å²) in [6.07, 6.45) is 6.59. The molecule has 0 saturated carbocycles. The summed E-state index contributed by atoms with van der Waals surface area (Å²) >= 11 is 0. The molecule has 0 aliphatic carbocycles. The van der Waals surface area contributed by atoms with Crippen LogP contribution in [0.1, 0.15) is 31.4 Å². The number of anilines is 2. The first-order chi connectivity index (χ1) is 9.74. The van der Waals surface area contributed by atoms with E-state index in [4.69, 9.17) is 0 Å². The number of hydrogen-bond donors (Lipinski definition) is 1. The lowest BCUT2D eigenvalue weighted by atomic mass is 10.1. The lowest BCUT2D eigenvalue weighted by Gasteiger charge is -2.24. The Hall–Kier alpha value is -1.97. The van der Waals surface area contributed by atoms with E-state index in [-0.39, 0.29) is 6.04 Å². The van der Waals surface area contributed by atoms with Crippen LogP contribution in [-0.4, -0.2) is 22.9 Å². The zero-order chi connectivity index (χ0) is 13.9.